The molecule has 138 valence electrons. The van der Waals surface area contributed by atoms with Gasteiger partial charge in [-0.1, -0.05) is 0 Å². The van der Waals surface area contributed by atoms with Gasteiger partial charge in [0.25, 0.3) is 0 Å². The lowest BCUT2D eigenvalue weighted by molar-refractivity contribution is 0.203. The van der Waals surface area contributed by atoms with Crippen LogP contribution in [0.15, 0.2) is 36.9 Å². The second-order valence-corrected chi connectivity index (χ2v) is 6.78. The van der Waals surface area contributed by atoms with E-state index >= 15 is 0 Å². The maximum absolute atomic E-state index is 10.7. The lowest BCUT2D eigenvalue weighted by atomic mass is 10.2. The number of anilines is 1. The number of nitrogens with zero attached hydrogens (tertiary/aromatic N) is 7. The molecule has 5 heterocycles. The first-order valence-electron chi connectivity index (χ1n) is 8.96. The summed E-state index contributed by atoms with van der Waals surface area (Å²) in [5.74, 6) is 0.921. The maximum Gasteiger partial charge on any atom is 0.142 e. The zero-order valence-corrected chi connectivity index (χ0v) is 14.9. The largest absolute Gasteiger partial charge is 0.380 e. The van der Waals surface area contributed by atoms with Gasteiger partial charge in [-0.25, -0.2) is 9.97 Å². The van der Waals surface area contributed by atoms with Gasteiger partial charge in [-0.15, -0.1) is 0 Å². The number of aromatic amines is 1. The van der Waals surface area contributed by atoms with E-state index in [-0.39, 0.29) is 0 Å². The first kappa shape index (κ1) is 16.0. The molecule has 2 N–H and O–H groups in total. The minimum absolute atomic E-state index is 0.643. The molecule has 1 atom stereocenters. The SMILES string of the molecule is Cn1nccc1C(O)c1cc2n(n1)CCCN(c1ncnc3[nH]ccc13)C2. The highest BCUT2D eigenvalue weighted by molar-refractivity contribution is 5.87. The summed E-state index contributed by atoms with van der Waals surface area (Å²) in [6.45, 7) is 2.38. The first-order chi connectivity index (χ1) is 13.2. The molecule has 0 aromatic carbocycles. The van der Waals surface area contributed by atoms with Crippen LogP contribution in [0.5, 0.6) is 0 Å². The highest BCUT2D eigenvalue weighted by atomic mass is 16.3. The third-order valence-corrected chi connectivity index (χ3v) is 5.08. The molecule has 27 heavy (non-hydrogen) atoms. The van der Waals surface area contributed by atoms with Crippen molar-refractivity contribution in [1.29, 1.82) is 0 Å². The van der Waals surface area contributed by atoms with E-state index in [0.717, 1.165) is 47.7 Å². The number of nitrogens with one attached hydrogen (secondary N) is 1. The summed E-state index contributed by atoms with van der Waals surface area (Å²) < 4.78 is 3.66. The fourth-order valence-electron chi connectivity index (χ4n) is 3.71. The fourth-order valence-corrected chi connectivity index (χ4v) is 3.71. The summed E-state index contributed by atoms with van der Waals surface area (Å²) in [7, 11) is 1.82. The molecule has 0 spiro atoms. The Hall–Kier alpha value is -3.20. The van der Waals surface area contributed by atoms with E-state index in [9.17, 15) is 5.11 Å². The van der Waals surface area contributed by atoms with Crippen LogP contribution in [-0.4, -0.2) is 46.2 Å². The van der Waals surface area contributed by atoms with Crippen LogP contribution < -0.4 is 4.90 Å². The third-order valence-electron chi connectivity index (χ3n) is 5.08. The zero-order chi connectivity index (χ0) is 18.4. The third kappa shape index (κ3) is 2.67. The van der Waals surface area contributed by atoms with E-state index in [2.05, 4.69) is 30.0 Å². The molecule has 9 nitrogen and oxygen atoms in total. The molecule has 0 amide bonds. The number of aliphatic hydroxyl groups is 1. The number of aliphatic hydroxyl groups excluding tert-OH is 1. The molecular weight excluding hydrogens is 344 g/mol. The van der Waals surface area contributed by atoms with Gasteiger partial charge in [0, 0.05) is 32.5 Å². The Morgan fingerprint density at radius 3 is 3.00 bits per heavy atom. The summed E-state index contributed by atoms with van der Waals surface area (Å²) in [6.07, 6.45) is 5.31. The minimum Gasteiger partial charge on any atom is -0.380 e. The molecule has 0 aliphatic carbocycles. The van der Waals surface area contributed by atoms with Gasteiger partial charge in [-0.3, -0.25) is 9.36 Å². The number of hydrogen-bond donors (Lipinski definition) is 2. The molecule has 0 fully saturated rings. The molecule has 1 aliphatic rings. The summed E-state index contributed by atoms with van der Waals surface area (Å²) in [5, 5.41) is 20.5. The van der Waals surface area contributed by atoms with Gasteiger partial charge in [-0.2, -0.15) is 10.2 Å². The fraction of sp³-hybridized carbons (Fsp3) is 0.333. The molecule has 0 saturated heterocycles. The highest BCUT2D eigenvalue weighted by Crippen LogP contribution is 2.27. The van der Waals surface area contributed by atoms with Crippen LogP contribution in [0.4, 0.5) is 5.82 Å². The van der Waals surface area contributed by atoms with Crippen molar-refractivity contribution in [3.05, 3.63) is 54.0 Å². The van der Waals surface area contributed by atoms with E-state index in [4.69, 9.17) is 0 Å². The molecular formula is C18H20N8O. The van der Waals surface area contributed by atoms with Crippen LogP contribution in [0, 0.1) is 0 Å². The van der Waals surface area contributed by atoms with E-state index in [0.29, 0.717) is 12.2 Å². The summed E-state index contributed by atoms with van der Waals surface area (Å²) in [5.41, 5.74) is 3.27. The predicted molar refractivity (Wildman–Crippen MR) is 99.1 cm³/mol. The van der Waals surface area contributed by atoms with E-state index in [1.54, 1.807) is 17.2 Å². The average molecular weight is 364 g/mol. The summed E-state index contributed by atoms with van der Waals surface area (Å²) in [6, 6.07) is 5.79. The molecule has 9 heteroatoms. The predicted octanol–water partition coefficient (Wildman–Crippen LogP) is 1.38. The Labute approximate surface area is 155 Å². The van der Waals surface area contributed by atoms with Gasteiger partial charge in [0.2, 0.25) is 0 Å². The van der Waals surface area contributed by atoms with Crippen LogP contribution in [0.3, 0.4) is 0 Å². The van der Waals surface area contributed by atoms with Crippen molar-refractivity contribution >= 4 is 16.9 Å². The molecule has 5 rings (SSSR count). The molecule has 1 unspecified atom stereocenters. The van der Waals surface area contributed by atoms with Crippen LogP contribution in [0.2, 0.25) is 0 Å². The van der Waals surface area contributed by atoms with Gasteiger partial charge < -0.3 is 15.0 Å². The number of hydrogen-bond acceptors (Lipinski definition) is 6. The molecule has 4 aromatic heterocycles. The number of fused-ring (bicyclic) bond motifs is 2. The lowest BCUT2D eigenvalue weighted by Gasteiger charge is -2.21. The first-order valence-corrected chi connectivity index (χ1v) is 8.96. The number of aromatic nitrogens is 7. The van der Waals surface area contributed by atoms with Gasteiger partial charge in [0.1, 0.15) is 23.9 Å². The van der Waals surface area contributed by atoms with Crippen molar-refractivity contribution in [3.8, 4) is 0 Å². The lowest BCUT2D eigenvalue weighted by Crippen LogP contribution is -2.23. The highest BCUT2D eigenvalue weighted by Gasteiger charge is 2.23. The van der Waals surface area contributed by atoms with Crippen molar-refractivity contribution in [2.45, 2.75) is 25.6 Å². The molecule has 0 radical (unpaired) electrons. The van der Waals surface area contributed by atoms with Crippen LogP contribution in [0.25, 0.3) is 11.0 Å². The van der Waals surface area contributed by atoms with Crippen molar-refractivity contribution in [3.63, 3.8) is 0 Å². The van der Waals surface area contributed by atoms with Gasteiger partial charge in [-0.05, 0) is 24.6 Å². The Kier molecular flexibility index (Phi) is 3.68. The van der Waals surface area contributed by atoms with Gasteiger partial charge in [0.05, 0.1) is 29.0 Å². The molecule has 0 saturated carbocycles. The molecule has 0 bridgehead atoms. The number of H-pyrrole nitrogens is 1. The average Bonchev–Trinajstić information content (AvgIpc) is 3.38. The Morgan fingerprint density at radius 1 is 1.22 bits per heavy atom. The standard InChI is InChI=1S/C18H20N8O/c1-24-15(4-6-22-24)16(27)14-9-12-10-25(7-2-8-26(12)23-14)18-13-3-5-19-17(13)20-11-21-18/h3-6,9,11,16,27H,2,7-8,10H2,1H3,(H,19,20,21). The van der Waals surface area contributed by atoms with Gasteiger partial charge in [0.15, 0.2) is 0 Å². The smallest absolute Gasteiger partial charge is 0.142 e. The van der Waals surface area contributed by atoms with Gasteiger partial charge >= 0.3 is 0 Å². The van der Waals surface area contributed by atoms with Crippen molar-refractivity contribution in [1.82, 2.24) is 34.5 Å². The van der Waals surface area contributed by atoms with Crippen molar-refractivity contribution in [2.75, 3.05) is 11.4 Å². The van der Waals surface area contributed by atoms with Crippen LogP contribution in [-0.2, 0) is 20.1 Å². The quantitative estimate of drug-likeness (QED) is 0.570. The summed E-state index contributed by atoms with van der Waals surface area (Å²) in [4.78, 5) is 14.2. The molecule has 4 aromatic rings. The number of aryl methyl sites for hydroxylation is 2. The second-order valence-electron chi connectivity index (χ2n) is 6.78. The Morgan fingerprint density at radius 2 is 2.15 bits per heavy atom. The van der Waals surface area contributed by atoms with Crippen molar-refractivity contribution < 1.29 is 5.11 Å². The van der Waals surface area contributed by atoms with E-state index in [1.165, 1.54) is 0 Å². The van der Waals surface area contributed by atoms with E-state index < -0.39 is 6.10 Å². The normalized spacial score (nSPS) is 15.7. The van der Waals surface area contributed by atoms with Crippen molar-refractivity contribution in [2.24, 2.45) is 7.05 Å². The Bertz CT molecular complexity index is 1090. The zero-order valence-electron chi connectivity index (χ0n) is 14.9. The van der Waals surface area contributed by atoms with Crippen LogP contribution >= 0.6 is 0 Å². The Balaban J connectivity index is 1.48. The minimum atomic E-state index is -0.791. The molecule has 1 aliphatic heterocycles. The van der Waals surface area contributed by atoms with E-state index in [1.807, 2.05) is 36.1 Å². The number of rotatable bonds is 3. The topological polar surface area (TPSA) is 101 Å². The maximum atomic E-state index is 10.7. The monoisotopic (exact) mass is 364 g/mol. The second kappa shape index (κ2) is 6.20. The van der Waals surface area contributed by atoms with Crippen LogP contribution in [0.1, 0.15) is 29.6 Å². The summed E-state index contributed by atoms with van der Waals surface area (Å²) >= 11 is 0.